The van der Waals surface area contributed by atoms with E-state index in [2.05, 4.69) is 0 Å². The van der Waals surface area contributed by atoms with Crippen LogP contribution in [0, 0.1) is 6.92 Å². The van der Waals surface area contributed by atoms with Crippen molar-refractivity contribution in [3.05, 3.63) is 23.3 Å². The van der Waals surface area contributed by atoms with E-state index >= 15 is 0 Å². The fourth-order valence-corrected chi connectivity index (χ4v) is 2.62. The second kappa shape index (κ2) is 3.39. The number of rotatable bonds is 2. The summed E-state index contributed by atoms with van der Waals surface area (Å²) in [6, 6.07) is 3.74. The molecule has 90 valence electrons. The molecule has 4 heteroatoms. The molecule has 0 saturated heterocycles. The Morgan fingerprint density at radius 1 is 1.35 bits per heavy atom. The van der Waals surface area contributed by atoms with Gasteiger partial charge in [-0.1, -0.05) is 12.5 Å². The monoisotopic (exact) mass is 234 g/mol. The Balaban J connectivity index is 2.10. The molecule has 1 fully saturated rings. The first kappa shape index (κ1) is 10.4. The Labute approximate surface area is 99.2 Å². The standard InChI is InChI=1S/C13H14O4/c1-8-5-9(6-10-11(8)17-7-16-10)13(12(14)15)3-2-4-13/h5-6H,2-4,7H2,1H3,(H,14,15). The maximum atomic E-state index is 11.4. The molecule has 0 spiro atoms. The second-order valence-electron chi connectivity index (χ2n) is 4.77. The van der Waals surface area contributed by atoms with Crippen molar-refractivity contribution in [1.82, 2.24) is 0 Å². The van der Waals surface area contributed by atoms with Crippen molar-refractivity contribution in [1.29, 1.82) is 0 Å². The number of carboxylic acid groups (broad SMARTS) is 1. The molecule has 0 atom stereocenters. The Bertz CT molecular complexity index is 488. The van der Waals surface area contributed by atoms with Gasteiger partial charge in [0.15, 0.2) is 11.5 Å². The summed E-state index contributed by atoms with van der Waals surface area (Å²) in [5.41, 5.74) is 1.09. The number of carboxylic acids is 1. The summed E-state index contributed by atoms with van der Waals surface area (Å²) in [5, 5.41) is 9.40. The molecule has 0 bridgehead atoms. The lowest BCUT2D eigenvalue weighted by molar-refractivity contribution is -0.147. The van der Waals surface area contributed by atoms with E-state index < -0.39 is 11.4 Å². The first-order valence-electron chi connectivity index (χ1n) is 5.78. The van der Waals surface area contributed by atoms with Gasteiger partial charge in [-0.3, -0.25) is 4.79 Å². The topological polar surface area (TPSA) is 55.8 Å². The molecule has 1 saturated carbocycles. The van der Waals surface area contributed by atoms with Gasteiger partial charge in [-0.2, -0.15) is 0 Å². The number of carbonyl (C=O) groups is 1. The van der Waals surface area contributed by atoms with Gasteiger partial charge in [-0.25, -0.2) is 0 Å². The van der Waals surface area contributed by atoms with Crippen molar-refractivity contribution in [3.8, 4) is 11.5 Å². The largest absolute Gasteiger partial charge is 0.481 e. The van der Waals surface area contributed by atoms with Crippen molar-refractivity contribution in [2.45, 2.75) is 31.6 Å². The van der Waals surface area contributed by atoms with Crippen molar-refractivity contribution in [2.24, 2.45) is 0 Å². The van der Waals surface area contributed by atoms with Gasteiger partial charge >= 0.3 is 5.97 Å². The number of hydrogen-bond donors (Lipinski definition) is 1. The minimum atomic E-state index is -0.734. The lowest BCUT2D eigenvalue weighted by Crippen LogP contribution is -2.42. The van der Waals surface area contributed by atoms with Crippen LogP contribution in [-0.2, 0) is 10.2 Å². The molecule has 3 rings (SSSR count). The maximum absolute atomic E-state index is 11.4. The van der Waals surface area contributed by atoms with Gasteiger partial charge in [0.1, 0.15) is 0 Å². The Kier molecular flexibility index (Phi) is 2.08. The number of ether oxygens (including phenoxy) is 2. The van der Waals surface area contributed by atoms with Crippen LogP contribution in [0.2, 0.25) is 0 Å². The van der Waals surface area contributed by atoms with Gasteiger partial charge in [-0.15, -0.1) is 0 Å². The number of benzene rings is 1. The molecule has 2 aliphatic rings. The fraction of sp³-hybridized carbons (Fsp3) is 0.462. The molecule has 1 aliphatic heterocycles. The van der Waals surface area contributed by atoms with Crippen LogP contribution in [0.5, 0.6) is 11.5 Å². The molecule has 1 aromatic rings. The number of aryl methyl sites for hydroxylation is 1. The third-order valence-corrected chi connectivity index (χ3v) is 3.83. The first-order valence-corrected chi connectivity index (χ1v) is 5.78. The van der Waals surface area contributed by atoms with Gasteiger partial charge in [0.25, 0.3) is 0 Å². The summed E-state index contributed by atoms with van der Waals surface area (Å²) in [6.07, 6.45) is 2.39. The summed E-state index contributed by atoms with van der Waals surface area (Å²) >= 11 is 0. The molecular weight excluding hydrogens is 220 g/mol. The smallest absolute Gasteiger partial charge is 0.314 e. The predicted molar refractivity (Wildman–Crippen MR) is 60.5 cm³/mol. The molecule has 1 N–H and O–H groups in total. The highest BCUT2D eigenvalue weighted by atomic mass is 16.7. The van der Waals surface area contributed by atoms with Gasteiger partial charge in [0.2, 0.25) is 6.79 Å². The van der Waals surface area contributed by atoms with Crippen LogP contribution >= 0.6 is 0 Å². The summed E-state index contributed by atoms with van der Waals surface area (Å²) in [6.45, 7) is 2.14. The van der Waals surface area contributed by atoms with E-state index in [-0.39, 0.29) is 6.79 Å². The van der Waals surface area contributed by atoms with E-state index in [4.69, 9.17) is 9.47 Å². The van der Waals surface area contributed by atoms with E-state index in [1.165, 1.54) is 0 Å². The zero-order chi connectivity index (χ0) is 12.0. The Morgan fingerprint density at radius 3 is 2.71 bits per heavy atom. The molecule has 1 heterocycles. The predicted octanol–water partition coefficient (Wildman–Crippen LogP) is 2.23. The van der Waals surface area contributed by atoms with Crippen molar-refractivity contribution in [2.75, 3.05) is 6.79 Å². The molecule has 4 nitrogen and oxygen atoms in total. The molecule has 0 aromatic heterocycles. The number of aliphatic carboxylic acids is 1. The molecule has 1 aliphatic carbocycles. The van der Waals surface area contributed by atoms with E-state index in [1.807, 2.05) is 19.1 Å². The normalized spacial score (nSPS) is 19.8. The van der Waals surface area contributed by atoms with Gasteiger partial charge in [0, 0.05) is 0 Å². The molecule has 0 unspecified atom stereocenters. The van der Waals surface area contributed by atoms with E-state index in [0.29, 0.717) is 18.6 Å². The van der Waals surface area contributed by atoms with Gasteiger partial charge in [-0.05, 0) is 37.0 Å². The van der Waals surface area contributed by atoms with E-state index in [0.717, 1.165) is 23.3 Å². The third kappa shape index (κ3) is 1.33. The number of hydrogen-bond acceptors (Lipinski definition) is 3. The summed E-state index contributed by atoms with van der Waals surface area (Å²) in [7, 11) is 0. The van der Waals surface area contributed by atoms with Crippen LogP contribution in [0.15, 0.2) is 12.1 Å². The van der Waals surface area contributed by atoms with Crippen molar-refractivity contribution in [3.63, 3.8) is 0 Å². The maximum Gasteiger partial charge on any atom is 0.314 e. The van der Waals surface area contributed by atoms with Crippen LogP contribution in [0.1, 0.15) is 30.4 Å². The molecule has 1 aromatic carbocycles. The van der Waals surface area contributed by atoms with E-state index in [9.17, 15) is 9.90 Å². The van der Waals surface area contributed by atoms with Gasteiger partial charge in [0.05, 0.1) is 5.41 Å². The van der Waals surface area contributed by atoms with E-state index in [1.54, 1.807) is 0 Å². The zero-order valence-electron chi connectivity index (χ0n) is 9.66. The average molecular weight is 234 g/mol. The minimum Gasteiger partial charge on any atom is -0.481 e. The molecule has 17 heavy (non-hydrogen) atoms. The first-order chi connectivity index (χ1) is 8.13. The minimum absolute atomic E-state index is 0.222. The molecule has 0 amide bonds. The highest BCUT2D eigenvalue weighted by Crippen LogP contribution is 2.47. The lowest BCUT2D eigenvalue weighted by atomic mass is 9.64. The van der Waals surface area contributed by atoms with Gasteiger partial charge < -0.3 is 14.6 Å². The number of fused-ring (bicyclic) bond motifs is 1. The summed E-state index contributed by atoms with van der Waals surface area (Å²) in [4.78, 5) is 11.4. The molecular formula is C13H14O4. The quantitative estimate of drug-likeness (QED) is 0.852. The van der Waals surface area contributed by atoms with Crippen LogP contribution in [0.4, 0.5) is 0 Å². The van der Waals surface area contributed by atoms with Crippen LogP contribution in [0.25, 0.3) is 0 Å². The van der Waals surface area contributed by atoms with Crippen LogP contribution < -0.4 is 9.47 Å². The van der Waals surface area contributed by atoms with Crippen LogP contribution in [-0.4, -0.2) is 17.9 Å². The SMILES string of the molecule is Cc1cc(C2(C(=O)O)CCC2)cc2c1OCO2. The lowest BCUT2D eigenvalue weighted by Gasteiger charge is -2.38. The fourth-order valence-electron chi connectivity index (χ4n) is 2.62. The Morgan fingerprint density at radius 2 is 2.12 bits per heavy atom. The Hall–Kier alpha value is -1.71. The molecule has 0 radical (unpaired) electrons. The highest BCUT2D eigenvalue weighted by molar-refractivity contribution is 5.83. The van der Waals surface area contributed by atoms with Crippen molar-refractivity contribution >= 4 is 5.97 Å². The summed E-state index contributed by atoms with van der Waals surface area (Å²) < 4.78 is 10.7. The highest BCUT2D eigenvalue weighted by Gasteiger charge is 2.46. The zero-order valence-corrected chi connectivity index (χ0v) is 9.66. The van der Waals surface area contributed by atoms with Crippen LogP contribution in [0.3, 0.4) is 0 Å². The van der Waals surface area contributed by atoms with Crippen molar-refractivity contribution < 1.29 is 19.4 Å². The average Bonchev–Trinajstić information content (AvgIpc) is 2.63. The summed E-state index contributed by atoms with van der Waals surface area (Å²) in [5.74, 6) is 0.683. The second-order valence-corrected chi connectivity index (χ2v) is 4.77. The third-order valence-electron chi connectivity index (χ3n) is 3.83.